The highest BCUT2D eigenvalue weighted by Crippen LogP contribution is 2.04. The number of morpholine rings is 1. The van der Waals surface area contributed by atoms with Crippen LogP contribution in [0.4, 0.5) is 0 Å². The van der Waals surface area contributed by atoms with E-state index in [9.17, 15) is 4.79 Å². The summed E-state index contributed by atoms with van der Waals surface area (Å²) in [4.78, 5) is 11.4. The van der Waals surface area contributed by atoms with Gasteiger partial charge in [-0.25, -0.2) is 0 Å². The Morgan fingerprint density at radius 3 is 3.08 bits per heavy atom. The smallest absolute Gasteiger partial charge is 0.162 e. The van der Waals surface area contributed by atoms with E-state index >= 15 is 0 Å². The van der Waals surface area contributed by atoms with E-state index in [1.54, 1.807) is 0 Å². The fourth-order valence-corrected chi connectivity index (χ4v) is 1.23. The third kappa shape index (κ3) is 2.91. The minimum Gasteiger partial charge on any atom is -0.368 e. The lowest BCUT2D eigenvalue weighted by Gasteiger charge is -2.22. The fraction of sp³-hybridized carbons (Fsp3) is 0.778. The number of nitrogens with one attached hydrogen (secondary N) is 1. The van der Waals surface area contributed by atoms with Gasteiger partial charge in [-0.05, 0) is 6.42 Å². The van der Waals surface area contributed by atoms with Crippen LogP contribution < -0.4 is 5.32 Å². The Morgan fingerprint density at radius 1 is 1.67 bits per heavy atom. The predicted molar refractivity (Wildman–Crippen MR) is 46.8 cm³/mol. The van der Waals surface area contributed by atoms with Crippen LogP contribution in [-0.4, -0.2) is 31.6 Å². The highest BCUT2D eigenvalue weighted by molar-refractivity contribution is 5.83. The van der Waals surface area contributed by atoms with Crippen LogP contribution in [0.3, 0.4) is 0 Å². The van der Waals surface area contributed by atoms with E-state index < -0.39 is 0 Å². The molecule has 1 atom stereocenters. The molecule has 1 radical (unpaired) electrons. The van der Waals surface area contributed by atoms with Crippen molar-refractivity contribution in [3.05, 3.63) is 6.92 Å². The summed E-state index contributed by atoms with van der Waals surface area (Å²) >= 11 is 0. The van der Waals surface area contributed by atoms with Crippen molar-refractivity contribution in [2.75, 3.05) is 19.7 Å². The number of hydrogen-bond donors (Lipinski definition) is 1. The molecule has 0 spiro atoms. The van der Waals surface area contributed by atoms with E-state index in [1.807, 2.05) is 0 Å². The quantitative estimate of drug-likeness (QED) is 0.669. The number of Topliss-reactive ketones (excluding diaryl/α,β-unsaturated/α-hetero) is 1. The molecule has 3 nitrogen and oxygen atoms in total. The van der Waals surface area contributed by atoms with Crippen molar-refractivity contribution < 1.29 is 9.53 Å². The highest BCUT2D eigenvalue weighted by Gasteiger charge is 2.20. The van der Waals surface area contributed by atoms with Crippen LogP contribution in [0.2, 0.25) is 0 Å². The first-order valence-corrected chi connectivity index (χ1v) is 4.49. The van der Waals surface area contributed by atoms with Crippen LogP contribution in [0.5, 0.6) is 0 Å². The van der Waals surface area contributed by atoms with Crippen LogP contribution >= 0.6 is 0 Å². The first kappa shape index (κ1) is 9.68. The number of hydrogen-bond acceptors (Lipinski definition) is 3. The van der Waals surface area contributed by atoms with Crippen molar-refractivity contribution in [3.8, 4) is 0 Å². The lowest BCUT2D eigenvalue weighted by molar-refractivity contribution is -0.132. The van der Waals surface area contributed by atoms with Gasteiger partial charge in [0.05, 0.1) is 6.61 Å². The molecule has 1 fully saturated rings. The SMILES string of the molecule is [CH2]CCCC(=O)C1CNCCO1. The second kappa shape index (κ2) is 5.27. The molecule has 12 heavy (non-hydrogen) atoms. The van der Waals surface area contributed by atoms with E-state index in [2.05, 4.69) is 12.2 Å². The molecule has 0 saturated carbocycles. The summed E-state index contributed by atoms with van der Waals surface area (Å²) in [5, 5.41) is 3.13. The third-order valence-electron chi connectivity index (χ3n) is 1.96. The summed E-state index contributed by atoms with van der Waals surface area (Å²) in [6, 6.07) is 0. The molecule has 0 aromatic carbocycles. The summed E-state index contributed by atoms with van der Waals surface area (Å²) in [6.07, 6.45) is 2.10. The van der Waals surface area contributed by atoms with Crippen LogP contribution in [0.15, 0.2) is 0 Å². The largest absolute Gasteiger partial charge is 0.368 e. The van der Waals surface area contributed by atoms with Crippen LogP contribution in [-0.2, 0) is 9.53 Å². The maximum atomic E-state index is 11.4. The van der Waals surface area contributed by atoms with Gasteiger partial charge >= 0.3 is 0 Å². The Balaban J connectivity index is 2.20. The average Bonchev–Trinajstić information content (AvgIpc) is 2.15. The lowest BCUT2D eigenvalue weighted by atomic mass is 10.1. The third-order valence-corrected chi connectivity index (χ3v) is 1.96. The van der Waals surface area contributed by atoms with Crippen LogP contribution in [0.25, 0.3) is 0 Å². The van der Waals surface area contributed by atoms with Crippen molar-refractivity contribution in [2.45, 2.75) is 25.4 Å². The van der Waals surface area contributed by atoms with Crippen molar-refractivity contribution in [3.63, 3.8) is 0 Å². The molecule has 1 N–H and O–H groups in total. The second-order valence-electron chi connectivity index (χ2n) is 2.99. The van der Waals surface area contributed by atoms with Gasteiger partial charge < -0.3 is 10.1 Å². The maximum Gasteiger partial charge on any atom is 0.162 e. The Bertz CT molecular complexity index is 141. The predicted octanol–water partition coefficient (Wildman–Crippen LogP) is 0.548. The molecular formula is C9H16NO2. The van der Waals surface area contributed by atoms with Gasteiger partial charge in [-0.15, -0.1) is 0 Å². The molecule has 1 saturated heterocycles. The molecule has 0 aromatic rings. The van der Waals surface area contributed by atoms with E-state index in [0.29, 0.717) is 19.6 Å². The van der Waals surface area contributed by atoms with Gasteiger partial charge in [0.25, 0.3) is 0 Å². The number of ether oxygens (including phenoxy) is 1. The molecule has 0 aliphatic carbocycles. The first-order chi connectivity index (χ1) is 5.84. The maximum absolute atomic E-state index is 11.4. The minimum atomic E-state index is -0.203. The Morgan fingerprint density at radius 2 is 2.50 bits per heavy atom. The number of rotatable bonds is 4. The van der Waals surface area contributed by atoms with Gasteiger partial charge in [-0.1, -0.05) is 13.3 Å². The molecule has 1 aliphatic heterocycles. The molecule has 0 bridgehead atoms. The zero-order chi connectivity index (χ0) is 8.81. The molecule has 0 amide bonds. The van der Waals surface area contributed by atoms with Crippen molar-refractivity contribution in [1.29, 1.82) is 0 Å². The van der Waals surface area contributed by atoms with Crippen molar-refractivity contribution in [2.24, 2.45) is 0 Å². The summed E-state index contributed by atoms with van der Waals surface area (Å²) in [7, 11) is 0. The standard InChI is InChI=1S/C9H16NO2/c1-2-3-4-8(11)9-7-10-5-6-12-9/h9-10H,1-7H2. The van der Waals surface area contributed by atoms with Gasteiger partial charge in [-0.3, -0.25) is 4.79 Å². The normalized spacial score (nSPS) is 23.9. The number of ketones is 1. The molecule has 1 unspecified atom stereocenters. The van der Waals surface area contributed by atoms with Gasteiger partial charge in [0.1, 0.15) is 6.10 Å². The van der Waals surface area contributed by atoms with Gasteiger partial charge in [0.15, 0.2) is 5.78 Å². The van der Waals surface area contributed by atoms with Crippen LogP contribution in [0, 0.1) is 6.92 Å². The van der Waals surface area contributed by atoms with Crippen molar-refractivity contribution >= 4 is 5.78 Å². The summed E-state index contributed by atoms with van der Waals surface area (Å²) in [5.74, 6) is 0.214. The fourth-order valence-electron chi connectivity index (χ4n) is 1.23. The molecule has 3 heteroatoms. The van der Waals surface area contributed by atoms with Crippen LogP contribution in [0.1, 0.15) is 19.3 Å². The summed E-state index contributed by atoms with van der Waals surface area (Å²) in [5.41, 5.74) is 0. The molecule has 1 rings (SSSR count). The lowest BCUT2D eigenvalue weighted by Crippen LogP contribution is -2.43. The van der Waals surface area contributed by atoms with E-state index in [-0.39, 0.29) is 11.9 Å². The van der Waals surface area contributed by atoms with Crippen molar-refractivity contribution in [1.82, 2.24) is 5.32 Å². The second-order valence-corrected chi connectivity index (χ2v) is 2.99. The van der Waals surface area contributed by atoms with E-state index in [4.69, 9.17) is 4.74 Å². The Kier molecular flexibility index (Phi) is 4.25. The number of unbranched alkanes of at least 4 members (excludes halogenated alkanes) is 1. The molecule has 1 aliphatic rings. The zero-order valence-corrected chi connectivity index (χ0v) is 7.34. The topological polar surface area (TPSA) is 38.3 Å². The zero-order valence-electron chi connectivity index (χ0n) is 7.34. The van der Waals surface area contributed by atoms with Gasteiger partial charge in [-0.2, -0.15) is 0 Å². The Hall–Kier alpha value is -0.410. The summed E-state index contributed by atoms with van der Waals surface area (Å²) < 4.78 is 5.30. The average molecular weight is 170 g/mol. The molecule has 0 aromatic heterocycles. The van der Waals surface area contributed by atoms with Gasteiger partial charge in [0.2, 0.25) is 0 Å². The molecule has 69 valence electrons. The highest BCUT2D eigenvalue weighted by atomic mass is 16.5. The molecular weight excluding hydrogens is 154 g/mol. The number of carbonyl (C=O) groups is 1. The first-order valence-electron chi connectivity index (χ1n) is 4.49. The van der Waals surface area contributed by atoms with E-state index in [0.717, 1.165) is 19.4 Å². The monoisotopic (exact) mass is 170 g/mol. The minimum absolute atomic E-state index is 0.203. The summed E-state index contributed by atoms with van der Waals surface area (Å²) in [6.45, 7) is 5.88. The van der Waals surface area contributed by atoms with Gasteiger partial charge in [0, 0.05) is 19.5 Å². The number of carbonyl (C=O) groups excluding carboxylic acids is 1. The molecule has 1 heterocycles. The Labute approximate surface area is 73.5 Å². The van der Waals surface area contributed by atoms with E-state index in [1.165, 1.54) is 0 Å².